The maximum Gasteiger partial charge on any atom is 1.00 e. The third-order valence-corrected chi connectivity index (χ3v) is 4.16. The molecule has 1 amide bonds. The number of carboxylic acid groups (broad SMARTS) is 1. The monoisotopic (exact) mass is 380 g/mol. The number of amides is 1. The molecule has 0 bridgehead atoms. The molecule has 1 aromatic heterocycles. The van der Waals surface area contributed by atoms with Gasteiger partial charge < -0.3 is 19.1 Å². The van der Waals surface area contributed by atoms with E-state index in [-0.39, 0.29) is 63.1 Å². The van der Waals surface area contributed by atoms with Gasteiger partial charge in [0.1, 0.15) is 17.5 Å². The van der Waals surface area contributed by atoms with Gasteiger partial charge in [-0.2, -0.15) is 5.10 Å². The van der Waals surface area contributed by atoms with Crippen LogP contribution in [0, 0.1) is 6.92 Å². The SMILES string of the molecule is COc1ccc(C(=O)N/N=C2\CCCc3oc(C(=O)[O-])c(C)c32)cc1.[K+]. The number of hydrazone groups is 1. The van der Waals surface area contributed by atoms with Gasteiger partial charge in [0.25, 0.3) is 5.91 Å². The van der Waals surface area contributed by atoms with Gasteiger partial charge in [0, 0.05) is 23.1 Å². The number of nitrogens with zero attached hydrogens (tertiary/aromatic N) is 1. The molecule has 1 aliphatic rings. The van der Waals surface area contributed by atoms with Gasteiger partial charge >= 0.3 is 51.4 Å². The number of hydrogen-bond acceptors (Lipinski definition) is 6. The number of carboxylic acids is 1. The number of rotatable bonds is 4. The van der Waals surface area contributed by atoms with Gasteiger partial charge in [-0.1, -0.05) is 0 Å². The number of carbonyl (C=O) groups is 2. The molecule has 0 unspecified atom stereocenters. The van der Waals surface area contributed by atoms with E-state index < -0.39 is 5.97 Å². The van der Waals surface area contributed by atoms with E-state index in [0.29, 0.717) is 46.8 Å². The zero-order valence-electron chi connectivity index (χ0n) is 14.9. The number of methoxy groups -OCH3 is 1. The Morgan fingerprint density at radius 3 is 2.54 bits per heavy atom. The first kappa shape index (κ1) is 20.9. The zero-order valence-corrected chi connectivity index (χ0v) is 18.0. The molecule has 26 heavy (non-hydrogen) atoms. The number of aromatic carboxylic acids is 1. The van der Waals surface area contributed by atoms with Crippen LogP contribution in [0.3, 0.4) is 0 Å². The van der Waals surface area contributed by atoms with E-state index in [2.05, 4.69) is 10.5 Å². The molecule has 0 saturated carbocycles. The van der Waals surface area contributed by atoms with Gasteiger partial charge in [0.2, 0.25) is 0 Å². The number of aryl methyl sites for hydroxylation is 1. The van der Waals surface area contributed by atoms with Crippen LogP contribution in [-0.2, 0) is 6.42 Å². The summed E-state index contributed by atoms with van der Waals surface area (Å²) in [4.78, 5) is 23.3. The fourth-order valence-corrected chi connectivity index (χ4v) is 2.90. The molecule has 2 aromatic rings. The van der Waals surface area contributed by atoms with Crippen molar-refractivity contribution in [2.24, 2.45) is 5.10 Å². The van der Waals surface area contributed by atoms with Crippen molar-refractivity contribution in [1.29, 1.82) is 0 Å². The summed E-state index contributed by atoms with van der Waals surface area (Å²) in [6.07, 6.45) is 2.03. The van der Waals surface area contributed by atoms with Crippen molar-refractivity contribution in [2.75, 3.05) is 7.11 Å². The molecule has 0 spiro atoms. The molecule has 130 valence electrons. The van der Waals surface area contributed by atoms with Crippen molar-refractivity contribution >= 4 is 17.6 Å². The van der Waals surface area contributed by atoms with Crippen LogP contribution in [0.15, 0.2) is 33.8 Å². The number of benzene rings is 1. The van der Waals surface area contributed by atoms with Gasteiger partial charge in [-0.05, 0) is 44.0 Å². The zero-order chi connectivity index (χ0) is 18.0. The van der Waals surface area contributed by atoms with E-state index in [4.69, 9.17) is 9.15 Å². The molecule has 0 aliphatic heterocycles. The second kappa shape index (κ2) is 8.96. The second-order valence-electron chi connectivity index (χ2n) is 5.72. The van der Waals surface area contributed by atoms with Crippen molar-refractivity contribution in [2.45, 2.75) is 26.2 Å². The number of hydrogen-bond donors (Lipinski definition) is 1. The molecular formula is C18H17KN2O5. The predicted molar refractivity (Wildman–Crippen MR) is 87.7 cm³/mol. The van der Waals surface area contributed by atoms with Gasteiger partial charge in [0.15, 0.2) is 5.76 Å². The van der Waals surface area contributed by atoms with E-state index >= 15 is 0 Å². The summed E-state index contributed by atoms with van der Waals surface area (Å²) in [5, 5.41) is 15.3. The molecule has 1 N–H and O–H groups in total. The number of furan rings is 1. The first-order valence-corrected chi connectivity index (χ1v) is 7.86. The summed E-state index contributed by atoms with van der Waals surface area (Å²) >= 11 is 0. The van der Waals surface area contributed by atoms with Crippen LogP contribution in [0.4, 0.5) is 0 Å². The third kappa shape index (κ3) is 4.26. The third-order valence-electron chi connectivity index (χ3n) is 4.16. The minimum Gasteiger partial charge on any atom is -0.542 e. The Morgan fingerprint density at radius 1 is 1.23 bits per heavy atom. The first-order valence-electron chi connectivity index (χ1n) is 7.86. The van der Waals surface area contributed by atoms with Crippen molar-refractivity contribution in [3.05, 3.63) is 52.5 Å². The van der Waals surface area contributed by atoms with Crippen LogP contribution in [0.1, 0.15) is 50.6 Å². The smallest absolute Gasteiger partial charge is 0.542 e. The number of nitrogens with one attached hydrogen (secondary N) is 1. The average Bonchev–Trinajstić information content (AvgIpc) is 2.97. The summed E-state index contributed by atoms with van der Waals surface area (Å²) in [6, 6.07) is 6.65. The van der Waals surface area contributed by atoms with E-state index in [1.165, 1.54) is 0 Å². The number of carbonyl (C=O) groups excluding carboxylic acids is 2. The maximum absolute atomic E-state index is 12.2. The minimum atomic E-state index is -1.35. The molecular weight excluding hydrogens is 363 g/mol. The van der Waals surface area contributed by atoms with Gasteiger partial charge in [-0.25, -0.2) is 5.43 Å². The van der Waals surface area contributed by atoms with E-state index in [1.54, 1.807) is 38.3 Å². The molecule has 0 radical (unpaired) electrons. The van der Waals surface area contributed by atoms with Crippen molar-refractivity contribution in [3.63, 3.8) is 0 Å². The Hall–Kier alpha value is -1.45. The maximum atomic E-state index is 12.2. The standard InChI is InChI=1S/C18H18N2O5.K/c1-10-15-13(4-3-5-14(15)25-16(10)18(22)23)19-20-17(21)11-6-8-12(24-2)9-7-11;/h6-9H,3-5H2,1-2H3,(H,20,21)(H,22,23);/q;+1/p-1/b19-13+;. The Kier molecular flexibility index (Phi) is 7.19. The fraction of sp³-hybridized carbons (Fsp3) is 0.278. The van der Waals surface area contributed by atoms with Crippen LogP contribution in [0.25, 0.3) is 0 Å². The second-order valence-corrected chi connectivity index (χ2v) is 5.72. The van der Waals surface area contributed by atoms with Crippen LogP contribution in [0.2, 0.25) is 0 Å². The fourth-order valence-electron chi connectivity index (χ4n) is 2.90. The van der Waals surface area contributed by atoms with Crippen LogP contribution >= 0.6 is 0 Å². The van der Waals surface area contributed by atoms with Crippen LogP contribution < -0.4 is 66.7 Å². The van der Waals surface area contributed by atoms with E-state index in [9.17, 15) is 14.7 Å². The van der Waals surface area contributed by atoms with Crippen molar-refractivity contribution in [3.8, 4) is 5.75 Å². The molecule has 8 heteroatoms. The van der Waals surface area contributed by atoms with E-state index in [1.807, 2.05) is 0 Å². The Balaban J connectivity index is 0.00000243. The molecule has 0 atom stereocenters. The Bertz CT molecular complexity index is 855. The van der Waals surface area contributed by atoms with Crippen molar-refractivity contribution in [1.82, 2.24) is 5.43 Å². The molecule has 0 saturated heterocycles. The minimum absolute atomic E-state index is 0. The summed E-state index contributed by atoms with van der Waals surface area (Å²) in [7, 11) is 1.55. The molecule has 1 heterocycles. The summed E-state index contributed by atoms with van der Waals surface area (Å²) in [5.74, 6) is -0.665. The largest absolute Gasteiger partial charge is 1.00 e. The Labute approximate surface area is 193 Å². The quantitative estimate of drug-likeness (QED) is 0.510. The first-order chi connectivity index (χ1) is 12.0. The van der Waals surface area contributed by atoms with Gasteiger partial charge in [-0.3, -0.25) is 4.79 Å². The topological polar surface area (TPSA) is 104 Å². The number of fused-ring (bicyclic) bond motifs is 1. The average molecular weight is 380 g/mol. The molecule has 7 nitrogen and oxygen atoms in total. The summed E-state index contributed by atoms with van der Waals surface area (Å²) in [6.45, 7) is 1.65. The van der Waals surface area contributed by atoms with Gasteiger partial charge in [0.05, 0.1) is 12.8 Å². The molecule has 0 fully saturated rings. The van der Waals surface area contributed by atoms with Gasteiger partial charge in [-0.15, -0.1) is 0 Å². The molecule has 1 aromatic carbocycles. The van der Waals surface area contributed by atoms with Crippen molar-refractivity contribution < 1.29 is 75.2 Å². The van der Waals surface area contributed by atoms with Crippen LogP contribution in [-0.4, -0.2) is 24.7 Å². The molecule has 1 aliphatic carbocycles. The van der Waals surface area contributed by atoms with E-state index in [0.717, 1.165) is 6.42 Å². The Morgan fingerprint density at radius 2 is 1.92 bits per heavy atom. The number of ether oxygens (including phenoxy) is 1. The molecule has 3 rings (SSSR count). The normalized spacial score (nSPS) is 14.3. The summed E-state index contributed by atoms with van der Waals surface area (Å²) < 4.78 is 10.4. The van der Waals surface area contributed by atoms with Crippen LogP contribution in [0.5, 0.6) is 5.75 Å². The summed E-state index contributed by atoms with van der Waals surface area (Å²) in [5.41, 5.74) is 4.70. The predicted octanol–water partition coefficient (Wildman–Crippen LogP) is -1.57.